The van der Waals surface area contributed by atoms with Crippen LogP contribution in [0.1, 0.15) is 31.0 Å². The second-order valence-electron chi connectivity index (χ2n) is 8.10. The van der Waals surface area contributed by atoms with Crippen LogP contribution < -0.4 is 30.3 Å². The molecule has 11 nitrogen and oxygen atoms in total. The fourth-order valence-electron chi connectivity index (χ4n) is 3.65. The number of allylic oxidation sites excluding steroid dienone is 1. The zero-order valence-electron chi connectivity index (χ0n) is 21.6. The Balaban J connectivity index is 1.66. The van der Waals surface area contributed by atoms with Crippen LogP contribution in [0.2, 0.25) is 0 Å². The number of esters is 1. The first-order valence-electron chi connectivity index (χ1n) is 11.9. The molecule has 206 valence electrons. The number of benzene rings is 2. The number of carbonyl (C=O) groups excluding carboxylic acids is 2. The minimum atomic E-state index is -1.13. The molecule has 0 unspecified atom stereocenters. The summed E-state index contributed by atoms with van der Waals surface area (Å²) in [5, 5.41) is 19.6. The number of hydrazone groups is 1. The Kier molecular flexibility index (Phi) is 10.6. The standard InChI is InChI=1S/C27H29BrN4O7/c1-5-11-38-20-9-7-17(12-19(20)28)14-29-32-23(33)15-39-21-10-8-18(13-22(21)37-6-2)25-24(26(34)36-4)16(3)30-27(35)31-25/h1,7-10,12-14,23,25,32-33H,6,11,15H2,2-4H3,(H2,30,31,35)/b29-14-/t23-,25-/m1/s1. The molecule has 0 spiro atoms. The average molecular weight is 601 g/mol. The van der Waals surface area contributed by atoms with Gasteiger partial charge in [-0.05, 0) is 71.2 Å². The lowest BCUT2D eigenvalue weighted by molar-refractivity contribution is -0.136. The van der Waals surface area contributed by atoms with Gasteiger partial charge in [0.2, 0.25) is 0 Å². The lowest BCUT2D eigenvalue weighted by atomic mass is 9.95. The van der Waals surface area contributed by atoms with Crippen LogP contribution in [-0.4, -0.2) is 56.5 Å². The smallest absolute Gasteiger partial charge is 0.337 e. The fraction of sp³-hybridized carbons (Fsp3) is 0.296. The predicted molar refractivity (Wildman–Crippen MR) is 147 cm³/mol. The minimum Gasteiger partial charge on any atom is -0.490 e. The number of rotatable bonds is 12. The van der Waals surface area contributed by atoms with Crippen LogP contribution in [-0.2, 0) is 9.53 Å². The number of amides is 2. The summed E-state index contributed by atoms with van der Waals surface area (Å²) >= 11 is 3.41. The normalized spacial score (nSPS) is 15.6. The van der Waals surface area contributed by atoms with Gasteiger partial charge in [0.1, 0.15) is 19.0 Å². The Bertz CT molecular complexity index is 1310. The Labute approximate surface area is 234 Å². The van der Waals surface area contributed by atoms with E-state index < -0.39 is 24.3 Å². The molecule has 2 amide bonds. The number of hydrogen-bond acceptors (Lipinski definition) is 9. The summed E-state index contributed by atoms with van der Waals surface area (Å²) in [5.74, 6) is 3.17. The van der Waals surface area contributed by atoms with E-state index in [1.54, 1.807) is 43.3 Å². The molecule has 2 aromatic carbocycles. The molecule has 0 bridgehead atoms. The van der Waals surface area contributed by atoms with E-state index in [4.69, 9.17) is 25.4 Å². The summed E-state index contributed by atoms with van der Waals surface area (Å²) in [6, 6.07) is 9.13. The van der Waals surface area contributed by atoms with Crippen molar-refractivity contribution >= 4 is 34.1 Å². The Morgan fingerprint density at radius 1 is 1.23 bits per heavy atom. The van der Waals surface area contributed by atoms with Crippen molar-refractivity contribution in [1.82, 2.24) is 16.1 Å². The third-order valence-electron chi connectivity index (χ3n) is 5.38. The fourth-order valence-corrected chi connectivity index (χ4v) is 4.16. The van der Waals surface area contributed by atoms with Gasteiger partial charge in [0.25, 0.3) is 0 Å². The zero-order valence-corrected chi connectivity index (χ0v) is 23.2. The maximum atomic E-state index is 12.4. The summed E-state index contributed by atoms with van der Waals surface area (Å²) in [4.78, 5) is 24.5. The van der Waals surface area contributed by atoms with Gasteiger partial charge in [-0.2, -0.15) is 5.10 Å². The van der Waals surface area contributed by atoms with Crippen LogP contribution in [0.4, 0.5) is 4.79 Å². The van der Waals surface area contributed by atoms with Gasteiger partial charge in [-0.25, -0.2) is 9.59 Å². The molecule has 0 aliphatic carbocycles. The first kappa shape index (κ1) is 29.3. The molecule has 2 atom stereocenters. The van der Waals surface area contributed by atoms with Crippen LogP contribution in [0.3, 0.4) is 0 Å². The number of hydrogen-bond donors (Lipinski definition) is 4. The lowest BCUT2D eigenvalue weighted by Crippen LogP contribution is -2.45. The zero-order chi connectivity index (χ0) is 28.4. The molecule has 39 heavy (non-hydrogen) atoms. The number of nitrogens with one attached hydrogen (secondary N) is 3. The molecule has 1 heterocycles. The lowest BCUT2D eigenvalue weighted by Gasteiger charge is -2.28. The number of terminal acetylenes is 1. The SMILES string of the molecule is C#CCOc1ccc(/C=N\N[C@H](O)COc2ccc([C@H]3NC(=O)NC(C)=C3C(=O)OC)cc2OCC)cc1Br. The van der Waals surface area contributed by atoms with Crippen LogP contribution in [0.15, 0.2) is 57.2 Å². The second-order valence-corrected chi connectivity index (χ2v) is 8.95. The van der Waals surface area contributed by atoms with E-state index in [2.05, 4.69) is 43.0 Å². The second kappa shape index (κ2) is 14.1. The number of aliphatic hydroxyl groups excluding tert-OH is 1. The molecule has 4 N–H and O–H groups in total. The molecule has 1 aliphatic heterocycles. The molecule has 2 aromatic rings. The number of halogens is 1. The Hall–Kier alpha value is -4.21. The highest BCUT2D eigenvalue weighted by atomic mass is 79.9. The van der Waals surface area contributed by atoms with Crippen molar-refractivity contribution in [2.24, 2.45) is 5.10 Å². The highest BCUT2D eigenvalue weighted by molar-refractivity contribution is 9.10. The number of urea groups is 1. The molecule has 1 aliphatic rings. The van der Waals surface area contributed by atoms with Crippen LogP contribution in [0.25, 0.3) is 0 Å². The first-order chi connectivity index (χ1) is 18.8. The van der Waals surface area contributed by atoms with Crippen molar-refractivity contribution in [3.8, 4) is 29.6 Å². The summed E-state index contributed by atoms with van der Waals surface area (Å²) in [6.45, 7) is 3.79. The predicted octanol–water partition coefficient (Wildman–Crippen LogP) is 2.98. The molecule has 0 fully saturated rings. The summed E-state index contributed by atoms with van der Waals surface area (Å²) < 4.78 is 22.5. The van der Waals surface area contributed by atoms with Gasteiger partial charge in [0.15, 0.2) is 17.7 Å². The van der Waals surface area contributed by atoms with E-state index >= 15 is 0 Å². The molecule has 12 heteroatoms. The van der Waals surface area contributed by atoms with Gasteiger partial charge in [-0.1, -0.05) is 12.0 Å². The van der Waals surface area contributed by atoms with E-state index in [0.717, 1.165) is 5.56 Å². The molecular weight excluding hydrogens is 572 g/mol. The van der Waals surface area contributed by atoms with E-state index in [1.165, 1.54) is 13.3 Å². The summed E-state index contributed by atoms with van der Waals surface area (Å²) in [5.41, 5.74) is 4.60. The average Bonchev–Trinajstić information content (AvgIpc) is 2.91. The van der Waals surface area contributed by atoms with Crippen molar-refractivity contribution in [2.75, 3.05) is 26.9 Å². The summed E-state index contributed by atoms with van der Waals surface area (Å²) in [6.07, 6.45) is 5.61. The van der Waals surface area contributed by atoms with Gasteiger partial charge in [-0.3, -0.25) is 5.43 Å². The van der Waals surface area contributed by atoms with Gasteiger partial charge in [-0.15, -0.1) is 6.42 Å². The minimum absolute atomic E-state index is 0.143. The number of carbonyl (C=O) groups is 2. The number of aliphatic hydroxyl groups is 1. The summed E-state index contributed by atoms with van der Waals surface area (Å²) in [7, 11) is 1.27. The molecule has 0 saturated heterocycles. The first-order valence-corrected chi connectivity index (χ1v) is 12.6. The van der Waals surface area contributed by atoms with E-state index in [1.807, 2.05) is 6.92 Å². The Morgan fingerprint density at radius 3 is 2.69 bits per heavy atom. The third-order valence-corrected chi connectivity index (χ3v) is 6.00. The van der Waals surface area contributed by atoms with Crippen molar-refractivity contribution in [2.45, 2.75) is 26.1 Å². The topological polar surface area (TPSA) is 140 Å². The number of methoxy groups -OCH3 is 1. The number of ether oxygens (including phenoxy) is 4. The molecule has 0 aromatic heterocycles. The maximum absolute atomic E-state index is 12.4. The van der Waals surface area contributed by atoms with Gasteiger partial charge < -0.3 is 34.7 Å². The van der Waals surface area contributed by atoms with Crippen LogP contribution >= 0.6 is 15.9 Å². The van der Waals surface area contributed by atoms with Crippen LogP contribution in [0.5, 0.6) is 17.2 Å². The molecule has 0 radical (unpaired) electrons. The molecule has 3 rings (SSSR count). The van der Waals surface area contributed by atoms with E-state index in [-0.39, 0.29) is 18.8 Å². The Morgan fingerprint density at radius 2 is 2.00 bits per heavy atom. The van der Waals surface area contributed by atoms with Crippen molar-refractivity contribution < 1.29 is 33.6 Å². The van der Waals surface area contributed by atoms with E-state index in [0.29, 0.717) is 39.6 Å². The van der Waals surface area contributed by atoms with Gasteiger partial charge >= 0.3 is 12.0 Å². The quantitative estimate of drug-likeness (QED) is 0.0958. The maximum Gasteiger partial charge on any atom is 0.337 e. The molecular formula is C27H29BrN4O7. The van der Waals surface area contributed by atoms with E-state index in [9.17, 15) is 14.7 Å². The van der Waals surface area contributed by atoms with Gasteiger partial charge in [0, 0.05) is 5.70 Å². The highest BCUT2D eigenvalue weighted by Crippen LogP contribution is 2.35. The van der Waals surface area contributed by atoms with Crippen molar-refractivity contribution in [1.29, 1.82) is 0 Å². The monoisotopic (exact) mass is 600 g/mol. The number of nitrogens with zero attached hydrogens (tertiary/aromatic N) is 1. The van der Waals surface area contributed by atoms with Gasteiger partial charge in [0.05, 0.1) is 36.0 Å². The van der Waals surface area contributed by atoms with Crippen LogP contribution in [0, 0.1) is 12.3 Å². The highest BCUT2D eigenvalue weighted by Gasteiger charge is 2.32. The molecule has 0 saturated carbocycles. The largest absolute Gasteiger partial charge is 0.490 e. The van der Waals surface area contributed by atoms with Crippen molar-refractivity contribution in [3.05, 3.63) is 63.3 Å². The third kappa shape index (κ3) is 7.89. The van der Waals surface area contributed by atoms with Crippen molar-refractivity contribution in [3.63, 3.8) is 0 Å².